The molecular formula is C20H22N2O2S. The van der Waals surface area contributed by atoms with Gasteiger partial charge in [-0.05, 0) is 43.2 Å². The van der Waals surface area contributed by atoms with E-state index in [4.69, 9.17) is 9.72 Å². The molecule has 1 aliphatic rings. The van der Waals surface area contributed by atoms with E-state index in [1.807, 2.05) is 36.2 Å². The molecule has 1 amide bonds. The third-order valence-electron chi connectivity index (χ3n) is 5.16. The Balaban J connectivity index is 1.67. The second kappa shape index (κ2) is 6.64. The minimum Gasteiger partial charge on any atom is -0.497 e. The summed E-state index contributed by atoms with van der Waals surface area (Å²) in [6.45, 7) is 0. The van der Waals surface area contributed by atoms with Crippen LogP contribution >= 0.6 is 11.3 Å². The molecule has 1 fully saturated rings. The fourth-order valence-corrected chi connectivity index (χ4v) is 4.66. The van der Waals surface area contributed by atoms with Gasteiger partial charge in [0.25, 0.3) is 5.91 Å². The third kappa shape index (κ3) is 3.09. The zero-order valence-electron chi connectivity index (χ0n) is 14.6. The van der Waals surface area contributed by atoms with Crippen LogP contribution in [0.5, 0.6) is 5.75 Å². The normalized spacial score (nSPS) is 15.6. The van der Waals surface area contributed by atoms with Gasteiger partial charge in [0, 0.05) is 23.9 Å². The predicted molar refractivity (Wildman–Crippen MR) is 103 cm³/mol. The minimum absolute atomic E-state index is 0.122. The third-order valence-corrected chi connectivity index (χ3v) is 6.19. The summed E-state index contributed by atoms with van der Waals surface area (Å²) in [5.41, 5.74) is 0.926. The quantitative estimate of drug-likeness (QED) is 0.674. The number of aromatic nitrogens is 1. The second-order valence-electron chi connectivity index (χ2n) is 6.76. The first-order chi connectivity index (χ1) is 12.2. The van der Waals surface area contributed by atoms with E-state index < -0.39 is 0 Å². The van der Waals surface area contributed by atoms with Crippen molar-refractivity contribution in [1.29, 1.82) is 0 Å². The SMILES string of the molecule is COc1ccc2nc3sc(C(=O)N(C)C4CCCCC4)cc3cc2c1. The van der Waals surface area contributed by atoms with Gasteiger partial charge in [-0.2, -0.15) is 0 Å². The van der Waals surface area contributed by atoms with Crippen LogP contribution in [0.4, 0.5) is 0 Å². The Morgan fingerprint density at radius 1 is 1.16 bits per heavy atom. The van der Waals surface area contributed by atoms with E-state index in [-0.39, 0.29) is 5.91 Å². The number of carbonyl (C=O) groups excluding carboxylic acids is 1. The van der Waals surface area contributed by atoms with E-state index in [0.29, 0.717) is 6.04 Å². The molecule has 0 aliphatic heterocycles. The van der Waals surface area contributed by atoms with Gasteiger partial charge in [0.1, 0.15) is 10.6 Å². The lowest BCUT2D eigenvalue weighted by molar-refractivity contribution is 0.0701. The van der Waals surface area contributed by atoms with E-state index in [0.717, 1.165) is 44.6 Å². The second-order valence-corrected chi connectivity index (χ2v) is 7.79. The number of carbonyl (C=O) groups is 1. The highest BCUT2D eigenvalue weighted by molar-refractivity contribution is 7.20. The lowest BCUT2D eigenvalue weighted by Gasteiger charge is -2.30. The van der Waals surface area contributed by atoms with Crippen LogP contribution in [-0.2, 0) is 0 Å². The number of nitrogens with zero attached hydrogens (tertiary/aromatic N) is 2. The lowest BCUT2D eigenvalue weighted by Crippen LogP contribution is -2.37. The van der Waals surface area contributed by atoms with Crippen molar-refractivity contribution < 1.29 is 9.53 Å². The van der Waals surface area contributed by atoms with Gasteiger partial charge in [-0.15, -0.1) is 11.3 Å². The number of fused-ring (bicyclic) bond motifs is 2. The van der Waals surface area contributed by atoms with Crippen molar-refractivity contribution in [3.05, 3.63) is 35.2 Å². The molecule has 2 heterocycles. The maximum Gasteiger partial charge on any atom is 0.264 e. The molecule has 0 bridgehead atoms. The Kier molecular flexibility index (Phi) is 4.34. The van der Waals surface area contributed by atoms with Gasteiger partial charge in [0.2, 0.25) is 0 Å². The van der Waals surface area contributed by atoms with Crippen molar-refractivity contribution in [3.8, 4) is 5.75 Å². The molecular weight excluding hydrogens is 332 g/mol. The number of thiophene rings is 1. The van der Waals surface area contributed by atoms with Gasteiger partial charge in [-0.1, -0.05) is 19.3 Å². The van der Waals surface area contributed by atoms with Gasteiger partial charge in [0.05, 0.1) is 17.5 Å². The summed E-state index contributed by atoms with van der Waals surface area (Å²) in [7, 11) is 3.60. The van der Waals surface area contributed by atoms with E-state index >= 15 is 0 Å². The highest BCUT2D eigenvalue weighted by atomic mass is 32.1. The highest BCUT2D eigenvalue weighted by Gasteiger charge is 2.24. The largest absolute Gasteiger partial charge is 0.497 e. The van der Waals surface area contributed by atoms with Crippen molar-refractivity contribution in [3.63, 3.8) is 0 Å². The fourth-order valence-electron chi connectivity index (χ4n) is 3.65. The Bertz CT molecular complexity index is 928. The molecule has 0 spiro atoms. The Morgan fingerprint density at radius 3 is 2.72 bits per heavy atom. The number of rotatable bonds is 3. The maximum absolute atomic E-state index is 12.9. The molecule has 25 heavy (non-hydrogen) atoms. The van der Waals surface area contributed by atoms with Gasteiger partial charge >= 0.3 is 0 Å². The van der Waals surface area contributed by atoms with Gasteiger partial charge in [0.15, 0.2) is 0 Å². The van der Waals surface area contributed by atoms with E-state index in [2.05, 4.69) is 6.07 Å². The average Bonchev–Trinajstić information content (AvgIpc) is 3.07. The number of methoxy groups -OCH3 is 1. The molecule has 4 rings (SSSR count). The maximum atomic E-state index is 12.9. The number of amides is 1. The summed E-state index contributed by atoms with van der Waals surface area (Å²) in [6.07, 6.45) is 5.98. The van der Waals surface area contributed by atoms with Crippen LogP contribution in [0.1, 0.15) is 41.8 Å². The van der Waals surface area contributed by atoms with Gasteiger partial charge in [-0.25, -0.2) is 4.98 Å². The van der Waals surface area contributed by atoms with E-state index in [9.17, 15) is 4.79 Å². The van der Waals surface area contributed by atoms with Crippen molar-refractivity contribution in [2.75, 3.05) is 14.2 Å². The molecule has 0 unspecified atom stereocenters. The molecule has 0 radical (unpaired) electrons. The number of ether oxygens (including phenoxy) is 1. The van der Waals surface area contributed by atoms with Crippen LogP contribution in [0.3, 0.4) is 0 Å². The Labute approximate surface area is 151 Å². The average molecular weight is 354 g/mol. The van der Waals surface area contributed by atoms with Crippen LogP contribution in [-0.4, -0.2) is 36.0 Å². The molecule has 3 aromatic rings. The van der Waals surface area contributed by atoms with Crippen LogP contribution < -0.4 is 4.74 Å². The molecule has 2 aromatic heterocycles. The summed E-state index contributed by atoms with van der Waals surface area (Å²) in [4.78, 5) is 21.2. The number of hydrogen-bond acceptors (Lipinski definition) is 4. The van der Waals surface area contributed by atoms with Crippen LogP contribution in [0, 0.1) is 0 Å². The molecule has 4 nitrogen and oxygen atoms in total. The summed E-state index contributed by atoms with van der Waals surface area (Å²) in [5, 5.41) is 2.05. The van der Waals surface area contributed by atoms with E-state index in [1.54, 1.807) is 7.11 Å². The first-order valence-corrected chi connectivity index (χ1v) is 9.63. The number of benzene rings is 1. The molecule has 5 heteroatoms. The topological polar surface area (TPSA) is 42.4 Å². The van der Waals surface area contributed by atoms with Crippen molar-refractivity contribution >= 4 is 38.4 Å². The molecule has 0 atom stereocenters. The van der Waals surface area contributed by atoms with Crippen LogP contribution in [0.25, 0.3) is 21.1 Å². The van der Waals surface area contributed by atoms with Crippen molar-refractivity contribution in [2.24, 2.45) is 0 Å². The zero-order chi connectivity index (χ0) is 17.4. The molecule has 1 aliphatic carbocycles. The first kappa shape index (κ1) is 16.3. The summed E-state index contributed by atoms with van der Waals surface area (Å²) in [6, 6.07) is 10.3. The Morgan fingerprint density at radius 2 is 1.96 bits per heavy atom. The molecule has 0 N–H and O–H groups in total. The molecule has 0 saturated heterocycles. The minimum atomic E-state index is 0.122. The summed E-state index contributed by atoms with van der Waals surface area (Å²) in [5.74, 6) is 0.939. The first-order valence-electron chi connectivity index (χ1n) is 8.81. The van der Waals surface area contributed by atoms with E-state index in [1.165, 1.54) is 30.6 Å². The highest BCUT2D eigenvalue weighted by Crippen LogP contribution is 2.31. The smallest absolute Gasteiger partial charge is 0.264 e. The molecule has 1 aromatic carbocycles. The standard InChI is InChI=1S/C20H22N2O2S/c1-22(15-6-4-3-5-7-15)20(23)18-12-14-10-13-11-16(24-2)8-9-17(13)21-19(14)25-18/h8-12,15H,3-7H2,1-2H3. The predicted octanol–water partition coefficient (Wildman–Crippen LogP) is 4.86. The summed E-state index contributed by atoms with van der Waals surface area (Å²) < 4.78 is 5.29. The summed E-state index contributed by atoms with van der Waals surface area (Å²) >= 11 is 1.49. The zero-order valence-corrected chi connectivity index (χ0v) is 15.4. The van der Waals surface area contributed by atoms with Crippen LogP contribution in [0.15, 0.2) is 30.3 Å². The molecule has 130 valence electrons. The van der Waals surface area contributed by atoms with Crippen molar-refractivity contribution in [2.45, 2.75) is 38.1 Å². The lowest BCUT2D eigenvalue weighted by atomic mass is 9.94. The van der Waals surface area contributed by atoms with Gasteiger partial charge in [-0.3, -0.25) is 4.79 Å². The number of pyridine rings is 1. The van der Waals surface area contributed by atoms with Crippen LogP contribution in [0.2, 0.25) is 0 Å². The fraction of sp³-hybridized carbons (Fsp3) is 0.400. The number of hydrogen-bond donors (Lipinski definition) is 0. The Hall–Kier alpha value is -2.14. The molecule has 1 saturated carbocycles. The monoisotopic (exact) mass is 354 g/mol. The van der Waals surface area contributed by atoms with Crippen molar-refractivity contribution in [1.82, 2.24) is 9.88 Å². The van der Waals surface area contributed by atoms with Gasteiger partial charge < -0.3 is 9.64 Å².